The van der Waals surface area contributed by atoms with Crippen LogP contribution in [0, 0.1) is 0 Å². The molecular weight excluding hydrogens is 216 g/mol. The Hall–Kier alpha value is -0.170. The minimum atomic E-state index is -3.38. The second kappa shape index (κ2) is 7.16. The van der Waals surface area contributed by atoms with Crippen molar-refractivity contribution in [2.45, 2.75) is 39.7 Å². The molecule has 0 spiro atoms. The zero-order chi connectivity index (χ0) is 11.9. The van der Waals surface area contributed by atoms with E-state index in [-0.39, 0.29) is 12.6 Å². The number of rotatable bonds is 8. The maximum Gasteiger partial charge on any atom is 0.279 e. The molecule has 0 aromatic heterocycles. The lowest BCUT2D eigenvalue weighted by molar-refractivity contribution is 0.257. The second-order valence-corrected chi connectivity index (χ2v) is 5.39. The Morgan fingerprint density at radius 2 is 2.00 bits per heavy atom. The predicted molar refractivity (Wildman–Crippen MR) is 60.8 cm³/mol. The second-order valence-electron chi connectivity index (χ2n) is 3.68. The van der Waals surface area contributed by atoms with Gasteiger partial charge in [-0.15, -0.1) is 0 Å². The molecule has 92 valence electrons. The topological polar surface area (TPSA) is 69.6 Å². The van der Waals surface area contributed by atoms with Crippen LogP contribution in [0.1, 0.15) is 33.6 Å². The fourth-order valence-corrected chi connectivity index (χ4v) is 2.75. The number of hydrogen-bond acceptors (Lipinski definition) is 3. The first kappa shape index (κ1) is 14.8. The quantitative estimate of drug-likeness (QED) is 0.640. The molecule has 15 heavy (non-hydrogen) atoms. The van der Waals surface area contributed by atoms with E-state index < -0.39 is 10.2 Å². The molecule has 0 unspecified atom stereocenters. The van der Waals surface area contributed by atoms with Crippen molar-refractivity contribution >= 4 is 10.2 Å². The van der Waals surface area contributed by atoms with E-state index in [2.05, 4.69) is 4.72 Å². The lowest BCUT2D eigenvalue weighted by Gasteiger charge is -2.25. The summed E-state index contributed by atoms with van der Waals surface area (Å²) in [5, 5.41) is 8.70. The Morgan fingerprint density at radius 1 is 1.40 bits per heavy atom. The van der Waals surface area contributed by atoms with Crippen molar-refractivity contribution in [3.63, 3.8) is 0 Å². The molecule has 0 heterocycles. The van der Waals surface area contributed by atoms with Crippen molar-refractivity contribution in [3.05, 3.63) is 0 Å². The van der Waals surface area contributed by atoms with Crippen LogP contribution in [0.4, 0.5) is 0 Å². The van der Waals surface area contributed by atoms with Crippen molar-refractivity contribution in [2.24, 2.45) is 0 Å². The van der Waals surface area contributed by atoms with E-state index >= 15 is 0 Å². The highest BCUT2D eigenvalue weighted by Crippen LogP contribution is 2.05. The van der Waals surface area contributed by atoms with E-state index in [0.717, 1.165) is 6.42 Å². The van der Waals surface area contributed by atoms with Crippen LogP contribution in [0.25, 0.3) is 0 Å². The summed E-state index contributed by atoms with van der Waals surface area (Å²) in [6.07, 6.45) is 1.23. The summed E-state index contributed by atoms with van der Waals surface area (Å²) in [6, 6.07) is -0.0918. The van der Waals surface area contributed by atoms with Crippen LogP contribution in [-0.2, 0) is 10.2 Å². The van der Waals surface area contributed by atoms with Gasteiger partial charge in [0, 0.05) is 25.7 Å². The summed E-state index contributed by atoms with van der Waals surface area (Å²) < 4.78 is 27.4. The van der Waals surface area contributed by atoms with Crippen LogP contribution < -0.4 is 4.72 Å². The fourth-order valence-electron chi connectivity index (χ4n) is 1.20. The molecule has 0 amide bonds. The van der Waals surface area contributed by atoms with Gasteiger partial charge < -0.3 is 5.11 Å². The molecule has 2 N–H and O–H groups in total. The van der Waals surface area contributed by atoms with E-state index in [1.165, 1.54) is 4.31 Å². The van der Waals surface area contributed by atoms with Crippen LogP contribution in [0.5, 0.6) is 0 Å². The van der Waals surface area contributed by atoms with Gasteiger partial charge in [-0.2, -0.15) is 12.7 Å². The summed E-state index contributed by atoms with van der Waals surface area (Å²) >= 11 is 0. The van der Waals surface area contributed by atoms with Crippen molar-refractivity contribution < 1.29 is 13.5 Å². The van der Waals surface area contributed by atoms with E-state index in [0.29, 0.717) is 19.5 Å². The third-order valence-electron chi connectivity index (χ3n) is 1.96. The lowest BCUT2D eigenvalue weighted by Crippen LogP contribution is -2.45. The molecule has 0 radical (unpaired) electrons. The van der Waals surface area contributed by atoms with Crippen molar-refractivity contribution in [1.82, 2.24) is 9.03 Å². The number of aliphatic hydroxyl groups excluding tert-OH is 1. The van der Waals surface area contributed by atoms with Crippen LogP contribution >= 0.6 is 0 Å². The van der Waals surface area contributed by atoms with Gasteiger partial charge in [0.25, 0.3) is 10.2 Å². The number of nitrogens with one attached hydrogen (secondary N) is 1. The van der Waals surface area contributed by atoms with Gasteiger partial charge in [-0.1, -0.05) is 6.92 Å². The van der Waals surface area contributed by atoms with Gasteiger partial charge >= 0.3 is 0 Å². The van der Waals surface area contributed by atoms with E-state index in [4.69, 9.17) is 5.11 Å². The highest BCUT2D eigenvalue weighted by molar-refractivity contribution is 7.87. The molecule has 0 saturated carbocycles. The third kappa shape index (κ3) is 5.46. The first-order valence-corrected chi connectivity index (χ1v) is 6.77. The van der Waals surface area contributed by atoms with Gasteiger partial charge in [0.1, 0.15) is 0 Å². The molecule has 0 aliphatic carbocycles. The van der Waals surface area contributed by atoms with Crippen LogP contribution in [0.3, 0.4) is 0 Å². The van der Waals surface area contributed by atoms with Gasteiger partial charge in [0.2, 0.25) is 0 Å². The van der Waals surface area contributed by atoms with Crippen molar-refractivity contribution in [1.29, 1.82) is 0 Å². The van der Waals surface area contributed by atoms with E-state index in [9.17, 15) is 8.42 Å². The van der Waals surface area contributed by atoms with Gasteiger partial charge in [0.05, 0.1) is 0 Å². The predicted octanol–water partition coefficient (Wildman–Crippen LogP) is 0.324. The van der Waals surface area contributed by atoms with Gasteiger partial charge in [-0.05, 0) is 26.7 Å². The monoisotopic (exact) mass is 238 g/mol. The zero-order valence-corrected chi connectivity index (χ0v) is 10.5. The Labute approximate surface area is 92.7 Å². The van der Waals surface area contributed by atoms with Gasteiger partial charge in [0.15, 0.2) is 0 Å². The largest absolute Gasteiger partial charge is 0.396 e. The molecule has 0 rings (SSSR count). The molecular formula is C9H22N2O3S. The Balaban J connectivity index is 4.45. The summed E-state index contributed by atoms with van der Waals surface area (Å²) in [5.41, 5.74) is 0. The summed E-state index contributed by atoms with van der Waals surface area (Å²) in [4.78, 5) is 0. The molecule has 6 heteroatoms. The van der Waals surface area contributed by atoms with Crippen molar-refractivity contribution in [3.8, 4) is 0 Å². The van der Waals surface area contributed by atoms with Crippen molar-refractivity contribution in [2.75, 3.05) is 19.7 Å². The molecule has 0 aliphatic heterocycles. The third-order valence-corrected chi connectivity index (χ3v) is 3.75. The van der Waals surface area contributed by atoms with Gasteiger partial charge in [-0.25, -0.2) is 4.72 Å². The van der Waals surface area contributed by atoms with Crippen LogP contribution in [0.15, 0.2) is 0 Å². The maximum atomic E-state index is 11.8. The number of aliphatic hydroxyl groups is 1. The molecule has 0 aliphatic rings. The lowest BCUT2D eigenvalue weighted by atomic mass is 10.3. The van der Waals surface area contributed by atoms with E-state index in [1.807, 2.05) is 20.8 Å². The van der Waals surface area contributed by atoms with E-state index in [1.54, 1.807) is 0 Å². The molecule has 0 saturated heterocycles. The molecule has 0 atom stereocenters. The molecule has 0 aromatic rings. The van der Waals surface area contributed by atoms with Crippen LogP contribution in [-0.4, -0.2) is 43.6 Å². The molecule has 0 aromatic carbocycles. The zero-order valence-electron chi connectivity index (χ0n) is 9.73. The highest BCUT2D eigenvalue weighted by atomic mass is 32.2. The van der Waals surface area contributed by atoms with Crippen LogP contribution in [0.2, 0.25) is 0 Å². The minimum Gasteiger partial charge on any atom is -0.396 e. The molecule has 0 bridgehead atoms. The Bertz CT molecular complexity index is 252. The maximum absolute atomic E-state index is 11.8. The molecule has 5 nitrogen and oxygen atoms in total. The first-order valence-electron chi connectivity index (χ1n) is 5.33. The Kier molecular flexibility index (Phi) is 7.08. The SMILES string of the molecule is CCCNS(=O)(=O)N(CCCO)C(C)C. The fraction of sp³-hybridized carbons (Fsp3) is 1.00. The average molecular weight is 238 g/mol. The normalized spacial score (nSPS) is 12.7. The standard InChI is InChI=1S/C9H22N2O3S/c1-4-6-10-15(13,14)11(9(2)3)7-5-8-12/h9-10,12H,4-8H2,1-3H3. The number of hydrogen-bond donors (Lipinski definition) is 2. The summed E-state index contributed by atoms with van der Waals surface area (Å²) in [5.74, 6) is 0. The highest BCUT2D eigenvalue weighted by Gasteiger charge is 2.23. The number of nitrogens with zero attached hydrogens (tertiary/aromatic N) is 1. The summed E-state index contributed by atoms with van der Waals surface area (Å²) in [7, 11) is -3.38. The smallest absolute Gasteiger partial charge is 0.279 e. The molecule has 0 fully saturated rings. The average Bonchev–Trinajstić information content (AvgIpc) is 2.14. The first-order chi connectivity index (χ1) is 6.95. The Morgan fingerprint density at radius 3 is 2.40 bits per heavy atom. The summed E-state index contributed by atoms with van der Waals surface area (Å²) in [6.45, 7) is 6.37. The minimum absolute atomic E-state index is 0.00647. The van der Waals surface area contributed by atoms with Gasteiger partial charge in [-0.3, -0.25) is 0 Å².